The lowest BCUT2D eigenvalue weighted by Crippen LogP contribution is -2.18. The van der Waals surface area contributed by atoms with Crippen LogP contribution >= 0.6 is 22.6 Å². The largest absolute Gasteiger partial charge is 0.383 e. The van der Waals surface area contributed by atoms with Crippen LogP contribution in [0.3, 0.4) is 0 Å². The predicted octanol–water partition coefficient (Wildman–Crippen LogP) is 1.42. The third-order valence-electron chi connectivity index (χ3n) is 1.60. The zero-order valence-electron chi connectivity index (χ0n) is 7.59. The number of ether oxygens (including phenoxy) is 1. The van der Waals surface area contributed by atoms with Crippen molar-refractivity contribution in [1.29, 1.82) is 0 Å². The Morgan fingerprint density at radius 1 is 1.54 bits per heavy atom. The monoisotopic (exact) mass is 292 g/mol. The van der Waals surface area contributed by atoms with Crippen molar-refractivity contribution < 1.29 is 4.74 Å². The highest BCUT2D eigenvalue weighted by Crippen LogP contribution is 2.01. The average molecular weight is 292 g/mol. The second kappa shape index (κ2) is 6.28. The van der Waals surface area contributed by atoms with Crippen molar-refractivity contribution in [3.63, 3.8) is 0 Å². The van der Waals surface area contributed by atoms with Crippen LogP contribution in [0.1, 0.15) is 5.56 Å². The van der Waals surface area contributed by atoms with Crippen LogP contribution in [0, 0.1) is 3.70 Å². The van der Waals surface area contributed by atoms with Gasteiger partial charge in [-0.05, 0) is 34.2 Å². The fourth-order valence-corrected chi connectivity index (χ4v) is 1.24. The Bertz CT molecular complexity index is 238. The summed E-state index contributed by atoms with van der Waals surface area (Å²) in [7, 11) is 1.70. The number of halogens is 1. The Kier molecular flexibility index (Phi) is 5.26. The minimum atomic E-state index is 0.748. The molecular formula is C9H13IN2O. The van der Waals surface area contributed by atoms with E-state index in [1.165, 1.54) is 5.56 Å². The number of nitrogens with zero attached hydrogens (tertiary/aromatic N) is 1. The molecule has 0 atom stereocenters. The summed E-state index contributed by atoms with van der Waals surface area (Å²) in [5.41, 5.74) is 1.21. The summed E-state index contributed by atoms with van der Waals surface area (Å²) < 4.78 is 5.95. The molecule has 13 heavy (non-hydrogen) atoms. The lowest BCUT2D eigenvalue weighted by Gasteiger charge is -2.03. The van der Waals surface area contributed by atoms with E-state index in [0.717, 1.165) is 23.4 Å². The van der Waals surface area contributed by atoms with Gasteiger partial charge in [0.1, 0.15) is 3.70 Å². The smallest absolute Gasteiger partial charge is 0.101 e. The number of rotatable bonds is 5. The molecule has 0 saturated carbocycles. The zero-order chi connectivity index (χ0) is 9.52. The van der Waals surface area contributed by atoms with Crippen LogP contribution in [0.15, 0.2) is 18.3 Å². The molecule has 0 amide bonds. The molecule has 1 N–H and O–H groups in total. The first-order valence-corrected chi connectivity index (χ1v) is 5.21. The van der Waals surface area contributed by atoms with Gasteiger partial charge in [0.25, 0.3) is 0 Å². The molecule has 1 aromatic rings. The van der Waals surface area contributed by atoms with Crippen LogP contribution in [0.2, 0.25) is 0 Å². The molecule has 4 heteroatoms. The first-order valence-electron chi connectivity index (χ1n) is 4.13. The van der Waals surface area contributed by atoms with E-state index in [4.69, 9.17) is 4.74 Å². The number of hydrogen-bond donors (Lipinski definition) is 1. The van der Waals surface area contributed by atoms with Gasteiger partial charge in [0.15, 0.2) is 0 Å². The van der Waals surface area contributed by atoms with Gasteiger partial charge in [-0.2, -0.15) is 0 Å². The van der Waals surface area contributed by atoms with Crippen LogP contribution in [-0.2, 0) is 11.3 Å². The van der Waals surface area contributed by atoms with Gasteiger partial charge in [-0.15, -0.1) is 0 Å². The molecule has 0 bridgehead atoms. The Hall–Kier alpha value is -0.200. The highest BCUT2D eigenvalue weighted by atomic mass is 127. The minimum absolute atomic E-state index is 0.748. The third-order valence-corrected chi connectivity index (χ3v) is 2.24. The number of aromatic nitrogens is 1. The van der Waals surface area contributed by atoms with Gasteiger partial charge in [-0.3, -0.25) is 4.98 Å². The van der Waals surface area contributed by atoms with E-state index in [2.05, 4.69) is 39.0 Å². The van der Waals surface area contributed by atoms with E-state index in [1.807, 2.05) is 12.3 Å². The van der Waals surface area contributed by atoms with E-state index >= 15 is 0 Å². The van der Waals surface area contributed by atoms with Gasteiger partial charge in [-0.25, -0.2) is 0 Å². The standard InChI is InChI=1S/C9H13IN2O/c1-13-5-4-11-6-8-2-3-9(10)12-7-8/h2-3,7,11H,4-6H2,1H3. The van der Waals surface area contributed by atoms with Crippen LogP contribution in [0.4, 0.5) is 0 Å². The summed E-state index contributed by atoms with van der Waals surface area (Å²) in [6.45, 7) is 2.48. The van der Waals surface area contributed by atoms with Crippen LogP contribution in [0.5, 0.6) is 0 Å². The molecule has 1 heterocycles. The Labute approximate surface area is 92.0 Å². The second-order valence-electron chi connectivity index (χ2n) is 2.66. The molecule has 72 valence electrons. The minimum Gasteiger partial charge on any atom is -0.383 e. The quantitative estimate of drug-likeness (QED) is 0.506. The Balaban J connectivity index is 2.25. The Morgan fingerprint density at radius 3 is 3.00 bits per heavy atom. The molecule has 0 aromatic carbocycles. The summed E-state index contributed by atoms with van der Waals surface area (Å²) >= 11 is 2.20. The molecule has 1 rings (SSSR count). The van der Waals surface area contributed by atoms with E-state index in [-0.39, 0.29) is 0 Å². The van der Waals surface area contributed by atoms with Gasteiger partial charge in [0.05, 0.1) is 6.61 Å². The number of pyridine rings is 1. The number of hydrogen-bond acceptors (Lipinski definition) is 3. The molecule has 0 spiro atoms. The van der Waals surface area contributed by atoms with Gasteiger partial charge in [-0.1, -0.05) is 6.07 Å². The topological polar surface area (TPSA) is 34.1 Å². The summed E-state index contributed by atoms with van der Waals surface area (Å²) in [4.78, 5) is 4.19. The second-order valence-corrected chi connectivity index (χ2v) is 3.76. The maximum absolute atomic E-state index is 4.92. The maximum atomic E-state index is 4.92. The fourth-order valence-electron chi connectivity index (χ4n) is 0.918. The van der Waals surface area contributed by atoms with Crippen molar-refractivity contribution in [2.75, 3.05) is 20.3 Å². The summed E-state index contributed by atoms with van der Waals surface area (Å²) in [6.07, 6.45) is 1.89. The molecule has 0 radical (unpaired) electrons. The molecule has 0 aliphatic heterocycles. The molecule has 3 nitrogen and oxygen atoms in total. The molecule has 0 unspecified atom stereocenters. The van der Waals surface area contributed by atoms with E-state index in [0.29, 0.717) is 0 Å². The van der Waals surface area contributed by atoms with Gasteiger partial charge in [0.2, 0.25) is 0 Å². The van der Waals surface area contributed by atoms with E-state index in [9.17, 15) is 0 Å². The van der Waals surface area contributed by atoms with Crippen molar-refractivity contribution in [1.82, 2.24) is 10.3 Å². The molecule has 0 aliphatic rings. The van der Waals surface area contributed by atoms with Crippen LogP contribution < -0.4 is 5.32 Å². The highest BCUT2D eigenvalue weighted by molar-refractivity contribution is 14.1. The molecule has 0 aliphatic carbocycles. The first-order chi connectivity index (χ1) is 6.33. The van der Waals surface area contributed by atoms with E-state index < -0.39 is 0 Å². The molecule has 1 aromatic heterocycles. The van der Waals surface area contributed by atoms with Crippen LogP contribution in [-0.4, -0.2) is 25.2 Å². The van der Waals surface area contributed by atoms with Gasteiger partial charge in [0, 0.05) is 26.4 Å². The third kappa shape index (κ3) is 4.54. The Morgan fingerprint density at radius 2 is 2.38 bits per heavy atom. The summed E-state index contributed by atoms with van der Waals surface area (Å²) in [5.74, 6) is 0. The molecular weight excluding hydrogens is 279 g/mol. The van der Waals surface area contributed by atoms with Gasteiger partial charge >= 0.3 is 0 Å². The fraction of sp³-hybridized carbons (Fsp3) is 0.444. The van der Waals surface area contributed by atoms with Crippen LogP contribution in [0.25, 0.3) is 0 Å². The lowest BCUT2D eigenvalue weighted by molar-refractivity contribution is 0.199. The SMILES string of the molecule is COCCNCc1ccc(I)nc1. The van der Waals surface area contributed by atoms with Crippen molar-refractivity contribution in [2.45, 2.75) is 6.54 Å². The van der Waals surface area contributed by atoms with Gasteiger partial charge < -0.3 is 10.1 Å². The highest BCUT2D eigenvalue weighted by Gasteiger charge is 1.92. The first kappa shape index (κ1) is 10.9. The lowest BCUT2D eigenvalue weighted by atomic mass is 10.3. The van der Waals surface area contributed by atoms with Crippen molar-refractivity contribution in [2.24, 2.45) is 0 Å². The van der Waals surface area contributed by atoms with Crippen molar-refractivity contribution >= 4 is 22.6 Å². The average Bonchev–Trinajstić information content (AvgIpc) is 2.15. The number of nitrogens with one attached hydrogen (secondary N) is 1. The molecule has 0 saturated heterocycles. The normalized spacial score (nSPS) is 10.3. The van der Waals surface area contributed by atoms with E-state index in [1.54, 1.807) is 7.11 Å². The zero-order valence-corrected chi connectivity index (χ0v) is 9.74. The van der Waals surface area contributed by atoms with Crippen molar-refractivity contribution in [3.05, 3.63) is 27.6 Å². The van der Waals surface area contributed by atoms with Crippen molar-refractivity contribution in [3.8, 4) is 0 Å². The summed E-state index contributed by atoms with van der Waals surface area (Å²) in [5, 5.41) is 3.25. The maximum Gasteiger partial charge on any atom is 0.101 e. The molecule has 0 fully saturated rings. The predicted molar refractivity (Wildman–Crippen MR) is 60.5 cm³/mol. The number of methoxy groups -OCH3 is 1. The summed E-state index contributed by atoms with van der Waals surface area (Å²) in [6, 6.07) is 4.09.